The summed E-state index contributed by atoms with van der Waals surface area (Å²) >= 11 is 0. The van der Waals surface area contributed by atoms with Crippen molar-refractivity contribution in [3.8, 4) is 0 Å². The van der Waals surface area contributed by atoms with Crippen molar-refractivity contribution >= 4 is 5.69 Å². The number of nitrogens with zero attached hydrogens (tertiary/aromatic N) is 1. The Kier molecular flexibility index (Phi) is 3.79. The molecule has 1 aromatic rings. The number of nitrogens with two attached hydrogens (primary N) is 1. The van der Waals surface area contributed by atoms with Crippen LogP contribution in [0.25, 0.3) is 0 Å². The Labute approximate surface area is 117 Å². The molecule has 1 fully saturated rings. The van der Waals surface area contributed by atoms with Gasteiger partial charge in [-0.15, -0.1) is 0 Å². The Hall–Kier alpha value is -1.02. The number of rotatable bonds is 2. The van der Waals surface area contributed by atoms with E-state index >= 15 is 0 Å². The normalized spacial score (nSPS) is 26.8. The third kappa shape index (κ3) is 2.64. The predicted octanol–water partition coefficient (Wildman–Crippen LogP) is 3.27. The topological polar surface area (TPSA) is 29.3 Å². The summed E-state index contributed by atoms with van der Waals surface area (Å²) in [6.07, 6.45) is 10.3. The second kappa shape index (κ2) is 5.54. The Balaban J connectivity index is 1.80. The molecule has 0 amide bonds. The summed E-state index contributed by atoms with van der Waals surface area (Å²) in [5, 5.41) is 0. The quantitative estimate of drug-likeness (QED) is 0.882. The first kappa shape index (κ1) is 13.0. The molecular weight excluding hydrogens is 232 g/mol. The standard InChI is InChI=1S/C17H26N2/c1-19(17-9-5-4-8-16(17)18)15-11-10-13-6-2-3-7-14(13)12-15/h10-12,16-17H,2-9,18H2,1H3. The van der Waals surface area contributed by atoms with Crippen LogP contribution in [0.4, 0.5) is 5.69 Å². The van der Waals surface area contributed by atoms with Gasteiger partial charge in [-0.05, 0) is 61.8 Å². The number of hydrogen-bond donors (Lipinski definition) is 1. The molecule has 2 aliphatic rings. The van der Waals surface area contributed by atoms with E-state index in [1.807, 2.05) is 0 Å². The molecule has 3 rings (SSSR count). The van der Waals surface area contributed by atoms with Crippen LogP contribution in [0.2, 0.25) is 0 Å². The lowest BCUT2D eigenvalue weighted by Crippen LogP contribution is -2.48. The van der Waals surface area contributed by atoms with Crippen molar-refractivity contribution in [2.24, 2.45) is 5.73 Å². The largest absolute Gasteiger partial charge is 0.370 e. The summed E-state index contributed by atoms with van der Waals surface area (Å²) in [4.78, 5) is 2.43. The summed E-state index contributed by atoms with van der Waals surface area (Å²) in [5.41, 5.74) is 10.8. The average molecular weight is 258 g/mol. The monoisotopic (exact) mass is 258 g/mol. The molecule has 0 bridgehead atoms. The molecular formula is C17H26N2. The van der Waals surface area contributed by atoms with Crippen LogP contribution >= 0.6 is 0 Å². The van der Waals surface area contributed by atoms with E-state index in [0.717, 1.165) is 0 Å². The molecule has 2 heteroatoms. The number of anilines is 1. The zero-order valence-electron chi connectivity index (χ0n) is 12.1. The van der Waals surface area contributed by atoms with Crippen LogP contribution in [0.5, 0.6) is 0 Å². The minimum Gasteiger partial charge on any atom is -0.370 e. The second-order valence-corrected chi connectivity index (χ2v) is 6.29. The van der Waals surface area contributed by atoms with Crippen LogP contribution in [0.3, 0.4) is 0 Å². The highest BCUT2D eigenvalue weighted by molar-refractivity contribution is 5.52. The highest BCUT2D eigenvalue weighted by Gasteiger charge is 2.26. The molecule has 1 aromatic carbocycles. The maximum atomic E-state index is 6.31. The maximum Gasteiger partial charge on any atom is 0.0437 e. The number of aryl methyl sites for hydroxylation is 2. The molecule has 0 saturated heterocycles. The van der Waals surface area contributed by atoms with Crippen molar-refractivity contribution in [2.75, 3.05) is 11.9 Å². The third-order valence-electron chi connectivity index (χ3n) is 5.02. The lowest BCUT2D eigenvalue weighted by molar-refractivity contribution is 0.373. The number of fused-ring (bicyclic) bond motifs is 1. The summed E-state index contributed by atoms with van der Waals surface area (Å²) in [5.74, 6) is 0. The van der Waals surface area contributed by atoms with Crippen LogP contribution < -0.4 is 10.6 Å². The zero-order valence-corrected chi connectivity index (χ0v) is 12.1. The summed E-state index contributed by atoms with van der Waals surface area (Å²) in [6, 6.07) is 7.92. The van der Waals surface area contributed by atoms with Gasteiger partial charge in [0.1, 0.15) is 0 Å². The first-order chi connectivity index (χ1) is 9.25. The lowest BCUT2D eigenvalue weighted by atomic mass is 9.88. The van der Waals surface area contributed by atoms with E-state index in [2.05, 4.69) is 30.1 Å². The molecule has 1 saturated carbocycles. The fourth-order valence-electron chi connectivity index (χ4n) is 3.75. The Morgan fingerprint density at radius 1 is 1.00 bits per heavy atom. The summed E-state index contributed by atoms with van der Waals surface area (Å²) in [6.45, 7) is 0. The number of hydrogen-bond acceptors (Lipinski definition) is 2. The molecule has 2 atom stereocenters. The van der Waals surface area contributed by atoms with Gasteiger partial charge in [0.15, 0.2) is 0 Å². The molecule has 0 spiro atoms. The minimum atomic E-state index is 0.342. The Morgan fingerprint density at radius 3 is 2.53 bits per heavy atom. The van der Waals surface area contributed by atoms with Crippen molar-refractivity contribution < 1.29 is 0 Å². The van der Waals surface area contributed by atoms with E-state index in [-0.39, 0.29) is 0 Å². The second-order valence-electron chi connectivity index (χ2n) is 6.29. The molecule has 0 radical (unpaired) electrons. The van der Waals surface area contributed by atoms with E-state index in [9.17, 15) is 0 Å². The average Bonchev–Trinajstić information content (AvgIpc) is 2.46. The predicted molar refractivity (Wildman–Crippen MR) is 81.7 cm³/mol. The fourth-order valence-corrected chi connectivity index (χ4v) is 3.75. The Bertz CT molecular complexity index is 441. The van der Waals surface area contributed by atoms with Gasteiger partial charge in [0.05, 0.1) is 0 Å². The molecule has 19 heavy (non-hydrogen) atoms. The molecule has 2 aliphatic carbocycles. The van der Waals surface area contributed by atoms with Gasteiger partial charge in [-0.3, -0.25) is 0 Å². The highest BCUT2D eigenvalue weighted by Crippen LogP contribution is 2.29. The van der Waals surface area contributed by atoms with Gasteiger partial charge in [-0.2, -0.15) is 0 Å². The van der Waals surface area contributed by atoms with Crippen LogP contribution in [0, 0.1) is 0 Å². The maximum absolute atomic E-state index is 6.31. The Morgan fingerprint density at radius 2 is 1.74 bits per heavy atom. The van der Waals surface area contributed by atoms with Crippen molar-refractivity contribution in [3.63, 3.8) is 0 Å². The van der Waals surface area contributed by atoms with Gasteiger partial charge >= 0.3 is 0 Å². The van der Waals surface area contributed by atoms with Crippen molar-refractivity contribution in [3.05, 3.63) is 29.3 Å². The van der Waals surface area contributed by atoms with Crippen LogP contribution in [-0.2, 0) is 12.8 Å². The van der Waals surface area contributed by atoms with E-state index < -0.39 is 0 Å². The van der Waals surface area contributed by atoms with Gasteiger partial charge in [-0.25, -0.2) is 0 Å². The highest BCUT2D eigenvalue weighted by atomic mass is 15.2. The molecule has 0 heterocycles. The van der Waals surface area contributed by atoms with Gasteiger partial charge in [-0.1, -0.05) is 18.9 Å². The lowest BCUT2D eigenvalue weighted by Gasteiger charge is -2.38. The van der Waals surface area contributed by atoms with Crippen molar-refractivity contribution in [2.45, 2.75) is 63.5 Å². The summed E-state index contributed by atoms with van der Waals surface area (Å²) in [7, 11) is 2.22. The van der Waals surface area contributed by atoms with E-state index in [1.165, 1.54) is 57.1 Å². The van der Waals surface area contributed by atoms with Gasteiger partial charge in [0.25, 0.3) is 0 Å². The third-order valence-corrected chi connectivity index (χ3v) is 5.02. The first-order valence-electron chi connectivity index (χ1n) is 7.86. The zero-order chi connectivity index (χ0) is 13.2. The van der Waals surface area contributed by atoms with E-state index in [4.69, 9.17) is 5.73 Å². The van der Waals surface area contributed by atoms with E-state index in [1.54, 1.807) is 11.1 Å². The van der Waals surface area contributed by atoms with Crippen LogP contribution in [-0.4, -0.2) is 19.1 Å². The molecule has 0 aliphatic heterocycles. The molecule has 2 unspecified atom stereocenters. The van der Waals surface area contributed by atoms with E-state index in [0.29, 0.717) is 12.1 Å². The summed E-state index contributed by atoms with van der Waals surface area (Å²) < 4.78 is 0. The molecule has 104 valence electrons. The van der Waals surface area contributed by atoms with Gasteiger partial charge in [0, 0.05) is 24.8 Å². The fraction of sp³-hybridized carbons (Fsp3) is 0.647. The molecule has 2 nitrogen and oxygen atoms in total. The van der Waals surface area contributed by atoms with Gasteiger partial charge < -0.3 is 10.6 Å². The SMILES string of the molecule is CN(c1ccc2c(c1)CCCC2)C1CCCCC1N. The van der Waals surface area contributed by atoms with Crippen molar-refractivity contribution in [1.82, 2.24) is 0 Å². The minimum absolute atomic E-state index is 0.342. The van der Waals surface area contributed by atoms with Crippen molar-refractivity contribution in [1.29, 1.82) is 0 Å². The van der Waals surface area contributed by atoms with Gasteiger partial charge in [0.2, 0.25) is 0 Å². The van der Waals surface area contributed by atoms with Crippen LogP contribution in [0.15, 0.2) is 18.2 Å². The smallest absolute Gasteiger partial charge is 0.0437 e. The molecule has 2 N–H and O–H groups in total. The number of likely N-dealkylation sites (N-methyl/N-ethyl adjacent to an activating group) is 1. The first-order valence-corrected chi connectivity index (χ1v) is 7.86. The molecule has 0 aromatic heterocycles. The number of benzene rings is 1. The van der Waals surface area contributed by atoms with Crippen LogP contribution in [0.1, 0.15) is 49.7 Å².